The third-order valence-corrected chi connectivity index (χ3v) is 2.35. The molecular weight excluding hydrogens is 212 g/mol. The number of aryl methyl sites for hydroxylation is 1. The summed E-state index contributed by atoms with van der Waals surface area (Å²) in [7, 11) is 0. The molecule has 0 fully saturated rings. The molecule has 0 unspecified atom stereocenters. The number of halogens is 2. The average molecular weight is 221 g/mol. The van der Waals surface area contributed by atoms with Gasteiger partial charge in [0.05, 0.1) is 5.56 Å². The molecule has 16 heavy (non-hydrogen) atoms. The summed E-state index contributed by atoms with van der Waals surface area (Å²) in [5, 5.41) is 0. The van der Waals surface area contributed by atoms with Crippen LogP contribution in [0.15, 0.2) is 30.6 Å². The van der Waals surface area contributed by atoms with Crippen molar-refractivity contribution in [1.29, 1.82) is 0 Å². The zero-order valence-electron chi connectivity index (χ0n) is 8.55. The molecule has 0 spiro atoms. The fourth-order valence-corrected chi connectivity index (χ4v) is 1.45. The predicted molar refractivity (Wildman–Crippen MR) is 55.3 cm³/mol. The SMILES string of the molecule is Cc1cc(C(=O)c2cc[nH]c2)c(F)cc1F. The topological polar surface area (TPSA) is 32.9 Å². The van der Waals surface area contributed by atoms with Crippen LogP contribution < -0.4 is 0 Å². The van der Waals surface area contributed by atoms with Gasteiger partial charge in [0.15, 0.2) is 5.78 Å². The monoisotopic (exact) mass is 221 g/mol. The smallest absolute Gasteiger partial charge is 0.197 e. The van der Waals surface area contributed by atoms with E-state index >= 15 is 0 Å². The Morgan fingerprint density at radius 1 is 1.25 bits per heavy atom. The van der Waals surface area contributed by atoms with Crippen LogP contribution in [0.5, 0.6) is 0 Å². The van der Waals surface area contributed by atoms with Crippen LogP contribution >= 0.6 is 0 Å². The van der Waals surface area contributed by atoms with Gasteiger partial charge in [-0.15, -0.1) is 0 Å². The minimum Gasteiger partial charge on any atom is -0.367 e. The van der Waals surface area contributed by atoms with Crippen LogP contribution in [0, 0.1) is 18.6 Å². The lowest BCUT2D eigenvalue weighted by atomic mass is 10.0. The number of carbonyl (C=O) groups is 1. The number of aromatic nitrogens is 1. The maximum atomic E-state index is 13.4. The lowest BCUT2D eigenvalue weighted by molar-refractivity contribution is 0.103. The van der Waals surface area contributed by atoms with Gasteiger partial charge in [-0.05, 0) is 24.6 Å². The fourth-order valence-electron chi connectivity index (χ4n) is 1.45. The van der Waals surface area contributed by atoms with Crippen LogP contribution in [-0.4, -0.2) is 10.8 Å². The maximum Gasteiger partial charge on any atom is 0.197 e. The van der Waals surface area contributed by atoms with Crippen molar-refractivity contribution in [2.75, 3.05) is 0 Å². The highest BCUT2D eigenvalue weighted by Crippen LogP contribution is 2.17. The first-order valence-corrected chi connectivity index (χ1v) is 4.72. The Morgan fingerprint density at radius 2 is 2.00 bits per heavy atom. The zero-order valence-corrected chi connectivity index (χ0v) is 8.55. The van der Waals surface area contributed by atoms with Crippen LogP contribution in [0.2, 0.25) is 0 Å². The number of ketones is 1. The van der Waals surface area contributed by atoms with Crippen LogP contribution in [0.1, 0.15) is 21.5 Å². The van der Waals surface area contributed by atoms with Crippen molar-refractivity contribution in [3.05, 3.63) is 58.9 Å². The lowest BCUT2D eigenvalue weighted by Gasteiger charge is -2.03. The van der Waals surface area contributed by atoms with E-state index in [0.717, 1.165) is 6.07 Å². The Morgan fingerprint density at radius 3 is 2.62 bits per heavy atom. The van der Waals surface area contributed by atoms with E-state index < -0.39 is 17.4 Å². The molecule has 0 amide bonds. The summed E-state index contributed by atoms with van der Waals surface area (Å²) in [5.41, 5.74) is 0.490. The second-order valence-electron chi connectivity index (χ2n) is 3.51. The summed E-state index contributed by atoms with van der Waals surface area (Å²) in [6.07, 6.45) is 3.04. The largest absolute Gasteiger partial charge is 0.367 e. The van der Waals surface area contributed by atoms with E-state index in [-0.39, 0.29) is 11.1 Å². The Balaban J connectivity index is 2.49. The highest BCUT2D eigenvalue weighted by molar-refractivity contribution is 6.09. The summed E-state index contributed by atoms with van der Waals surface area (Å²) in [6.45, 7) is 1.49. The van der Waals surface area contributed by atoms with Gasteiger partial charge in [0.1, 0.15) is 11.6 Å². The highest BCUT2D eigenvalue weighted by Gasteiger charge is 2.16. The molecule has 1 N–H and O–H groups in total. The van der Waals surface area contributed by atoms with E-state index in [1.54, 1.807) is 12.3 Å². The van der Waals surface area contributed by atoms with E-state index in [9.17, 15) is 13.6 Å². The molecule has 2 nitrogen and oxygen atoms in total. The van der Waals surface area contributed by atoms with Gasteiger partial charge >= 0.3 is 0 Å². The van der Waals surface area contributed by atoms with Crippen molar-refractivity contribution in [2.24, 2.45) is 0 Å². The molecule has 0 aliphatic carbocycles. The molecule has 82 valence electrons. The summed E-state index contributed by atoms with van der Waals surface area (Å²) in [6, 6.07) is 3.50. The van der Waals surface area contributed by atoms with E-state index in [1.165, 1.54) is 19.2 Å². The van der Waals surface area contributed by atoms with E-state index in [1.807, 2.05) is 0 Å². The molecule has 0 atom stereocenters. The number of H-pyrrole nitrogens is 1. The van der Waals surface area contributed by atoms with Gasteiger partial charge < -0.3 is 4.98 Å². The number of hydrogen-bond donors (Lipinski definition) is 1. The van der Waals surface area contributed by atoms with E-state index in [0.29, 0.717) is 5.56 Å². The van der Waals surface area contributed by atoms with Gasteiger partial charge in [0.25, 0.3) is 0 Å². The van der Waals surface area contributed by atoms with Crippen molar-refractivity contribution < 1.29 is 13.6 Å². The van der Waals surface area contributed by atoms with Crippen molar-refractivity contribution in [2.45, 2.75) is 6.92 Å². The number of nitrogens with one attached hydrogen (secondary N) is 1. The fraction of sp³-hybridized carbons (Fsp3) is 0.0833. The number of benzene rings is 1. The number of rotatable bonds is 2. The molecule has 2 rings (SSSR count). The molecule has 1 aromatic heterocycles. The van der Waals surface area contributed by atoms with Gasteiger partial charge in [-0.2, -0.15) is 0 Å². The third-order valence-electron chi connectivity index (χ3n) is 2.35. The molecule has 0 saturated carbocycles. The molecule has 0 aliphatic rings. The van der Waals surface area contributed by atoms with Crippen molar-refractivity contribution in [3.8, 4) is 0 Å². The normalized spacial score (nSPS) is 10.4. The van der Waals surface area contributed by atoms with Gasteiger partial charge in [0, 0.05) is 24.0 Å². The van der Waals surface area contributed by atoms with Gasteiger partial charge in [0.2, 0.25) is 0 Å². The molecule has 0 bridgehead atoms. The first kappa shape index (κ1) is 10.5. The minimum absolute atomic E-state index is 0.112. The van der Waals surface area contributed by atoms with Crippen LogP contribution in [0.4, 0.5) is 8.78 Å². The lowest BCUT2D eigenvalue weighted by Crippen LogP contribution is -2.04. The first-order valence-electron chi connectivity index (χ1n) is 4.72. The summed E-state index contributed by atoms with van der Waals surface area (Å²) < 4.78 is 26.4. The van der Waals surface area contributed by atoms with E-state index in [2.05, 4.69) is 4.98 Å². The van der Waals surface area contributed by atoms with Gasteiger partial charge in [-0.3, -0.25) is 4.79 Å². The van der Waals surface area contributed by atoms with Crippen LogP contribution in [-0.2, 0) is 0 Å². The van der Waals surface area contributed by atoms with Crippen molar-refractivity contribution >= 4 is 5.78 Å². The molecule has 0 saturated heterocycles. The maximum absolute atomic E-state index is 13.4. The number of aromatic amines is 1. The Hall–Kier alpha value is -1.97. The van der Waals surface area contributed by atoms with Crippen molar-refractivity contribution in [3.63, 3.8) is 0 Å². The predicted octanol–water partition coefficient (Wildman–Crippen LogP) is 2.83. The first-order chi connectivity index (χ1) is 7.59. The van der Waals surface area contributed by atoms with Crippen LogP contribution in [0.3, 0.4) is 0 Å². The second kappa shape index (κ2) is 3.89. The Bertz CT molecular complexity index is 532. The van der Waals surface area contributed by atoms with E-state index in [4.69, 9.17) is 0 Å². The molecule has 0 radical (unpaired) electrons. The molecule has 1 aromatic carbocycles. The molecule has 2 aromatic rings. The molecule has 4 heteroatoms. The minimum atomic E-state index is -0.839. The van der Waals surface area contributed by atoms with Crippen molar-refractivity contribution in [1.82, 2.24) is 4.98 Å². The molecular formula is C12H9F2NO. The Labute approximate surface area is 90.9 Å². The average Bonchev–Trinajstić information content (AvgIpc) is 2.75. The molecule has 0 aliphatic heterocycles. The second-order valence-corrected chi connectivity index (χ2v) is 3.51. The van der Waals surface area contributed by atoms with Gasteiger partial charge in [-0.25, -0.2) is 8.78 Å². The number of carbonyl (C=O) groups excluding carboxylic acids is 1. The van der Waals surface area contributed by atoms with Crippen LogP contribution in [0.25, 0.3) is 0 Å². The van der Waals surface area contributed by atoms with Gasteiger partial charge in [-0.1, -0.05) is 0 Å². The third kappa shape index (κ3) is 1.74. The Kier molecular flexibility index (Phi) is 2.56. The number of hydrogen-bond acceptors (Lipinski definition) is 1. The quantitative estimate of drug-likeness (QED) is 0.777. The summed E-state index contributed by atoms with van der Waals surface area (Å²) in [5.74, 6) is -1.95. The summed E-state index contributed by atoms with van der Waals surface area (Å²) >= 11 is 0. The zero-order chi connectivity index (χ0) is 11.7. The summed E-state index contributed by atoms with van der Waals surface area (Å²) in [4.78, 5) is 14.5. The molecule has 1 heterocycles. The standard InChI is InChI=1S/C12H9F2NO/c1-7-4-9(11(14)5-10(7)13)12(16)8-2-3-15-6-8/h2-6,15H,1H3. The highest BCUT2D eigenvalue weighted by atomic mass is 19.1.